The van der Waals surface area contributed by atoms with Gasteiger partial charge < -0.3 is 4.74 Å². The average Bonchev–Trinajstić information content (AvgIpc) is 2.99. The van der Waals surface area contributed by atoms with Crippen LogP contribution in [-0.2, 0) is 4.74 Å². The van der Waals surface area contributed by atoms with Crippen LogP contribution in [0.3, 0.4) is 0 Å². The Bertz CT molecular complexity index is 691. The number of aliphatic imine (C=N–C) groups is 1. The average molecular weight is 269 g/mol. The Balaban J connectivity index is 1.77. The first kappa shape index (κ1) is 11.9. The molecule has 20 heavy (non-hydrogen) atoms. The first-order valence-electron chi connectivity index (χ1n) is 7.11. The highest BCUT2D eigenvalue weighted by molar-refractivity contribution is 6.07. The SMILES string of the molecule is C[C@@H]1[C@H]2OC(c3cccc4ccccc34)=N[C@H]2C[C@H]1F. The summed E-state index contributed by atoms with van der Waals surface area (Å²) in [5.74, 6) is 0.603. The smallest absolute Gasteiger partial charge is 0.217 e. The van der Waals surface area contributed by atoms with Gasteiger partial charge in [0.15, 0.2) is 0 Å². The van der Waals surface area contributed by atoms with E-state index in [1.807, 2.05) is 31.2 Å². The van der Waals surface area contributed by atoms with Crippen molar-refractivity contribution in [1.29, 1.82) is 0 Å². The van der Waals surface area contributed by atoms with Gasteiger partial charge in [0, 0.05) is 17.9 Å². The third kappa shape index (κ3) is 1.65. The molecule has 1 saturated carbocycles. The minimum Gasteiger partial charge on any atom is -0.471 e. The zero-order valence-corrected chi connectivity index (χ0v) is 11.3. The molecule has 0 bridgehead atoms. The van der Waals surface area contributed by atoms with Crippen LogP contribution in [0.25, 0.3) is 10.8 Å². The maximum Gasteiger partial charge on any atom is 0.217 e. The molecule has 1 fully saturated rings. The van der Waals surface area contributed by atoms with Crippen molar-refractivity contribution in [3.05, 3.63) is 48.0 Å². The summed E-state index contributed by atoms with van der Waals surface area (Å²) in [5, 5.41) is 2.31. The van der Waals surface area contributed by atoms with E-state index in [1.54, 1.807) is 0 Å². The second kappa shape index (κ2) is 4.30. The van der Waals surface area contributed by atoms with Crippen LogP contribution in [0.2, 0.25) is 0 Å². The van der Waals surface area contributed by atoms with E-state index in [9.17, 15) is 4.39 Å². The predicted molar refractivity (Wildman–Crippen MR) is 77.8 cm³/mol. The third-order valence-electron chi connectivity index (χ3n) is 4.49. The molecule has 0 radical (unpaired) electrons. The summed E-state index contributed by atoms with van der Waals surface area (Å²) >= 11 is 0. The van der Waals surface area contributed by atoms with Gasteiger partial charge in [0.1, 0.15) is 12.3 Å². The van der Waals surface area contributed by atoms with Crippen molar-refractivity contribution in [2.24, 2.45) is 10.9 Å². The highest BCUT2D eigenvalue weighted by Gasteiger charge is 2.46. The fourth-order valence-corrected chi connectivity index (χ4v) is 3.30. The number of fused-ring (bicyclic) bond motifs is 2. The van der Waals surface area contributed by atoms with E-state index in [-0.39, 0.29) is 18.1 Å². The van der Waals surface area contributed by atoms with E-state index in [2.05, 4.69) is 23.2 Å². The highest BCUT2D eigenvalue weighted by atomic mass is 19.1. The van der Waals surface area contributed by atoms with Crippen LogP contribution in [0.4, 0.5) is 4.39 Å². The van der Waals surface area contributed by atoms with Crippen LogP contribution < -0.4 is 0 Å². The van der Waals surface area contributed by atoms with Crippen molar-refractivity contribution >= 4 is 16.7 Å². The Kier molecular flexibility index (Phi) is 2.56. The number of alkyl halides is 1. The van der Waals surface area contributed by atoms with Gasteiger partial charge in [-0.1, -0.05) is 43.3 Å². The maximum absolute atomic E-state index is 13.7. The van der Waals surface area contributed by atoms with E-state index in [0.717, 1.165) is 10.9 Å². The lowest BCUT2D eigenvalue weighted by molar-refractivity contribution is 0.137. The Morgan fingerprint density at radius 3 is 2.80 bits per heavy atom. The zero-order valence-electron chi connectivity index (χ0n) is 11.3. The molecule has 2 aromatic carbocycles. The number of ether oxygens (including phenoxy) is 1. The van der Waals surface area contributed by atoms with Gasteiger partial charge in [0.25, 0.3) is 0 Å². The van der Waals surface area contributed by atoms with Gasteiger partial charge in [0.2, 0.25) is 5.90 Å². The number of hydrogen-bond acceptors (Lipinski definition) is 2. The molecule has 1 aliphatic heterocycles. The number of rotatable bonds is 1. The monoisotopic (exact) mass is 269 g/mol. The van der Waals surface area contributed by atoms with Gasteiger partial charge in [-0.2, -0.15) is 0 Å². The molecule has 4 atom stereocenters. The van der Waals surface area contributed by atoms with Crippen molar-refractivity contribution in [3.8, 4) is 0 Å². The topological polar surface area (TPSA) is 21.6 Å². The van der Waals surface area contributed by atoms with Crippen molar-refractivity contribution in [2.45, 2.75) is 31.7 Å². The summed E-state index contributed by atoms with van der Waals surface area (Å²) < 4.78 is 19.6. The number of benzene rings is 2. The molecule has 0 N–H and O–H groups in total. The largest absolute Gasteiger partial charge is 0.471 e. The molecule has 0 aromatic heterocycles. The van der Waals surface area contributed by atoms with Crippen molar-refractivity contribution in [3.63, 3.8) is 0 Å². The first-order chi connectivity index (χ1) is 9.74. The van der Waals surface area contributed by atoms with Gasteiger partial charge in [-0.15, -0.1) is 0 Å². The van der Waals surface area contributed by atoms with E-state index in [4.69, 9.17) is 4.74 Å². The van der Waals surface area contributed by atoms with Crippen molar-refractivity contribution < 1.29 is 9.13 Å². The standard InChI is InChI=1S/C17H16FNO/c1-10-14(18)9-15-16(10)20-17(19-15)13-8-4-6-11-5-2-3-7-12(11)13/h2-8,10,14-16H,9H2,1H3/t10-,14+,15-,16+/m0/s1. The van der Waals surface area contributed by atoms with E-state index >= 15 is 0 Å². The molecule has 3 heteroatoms. The van der Waals surface area contributed by atoms with Crippen molar-refractivity contribution in [1.82, 2.24) is 0 Å². The van der Waals surface area contributed by atoms with Gasteiger partial charge in [-0.25, -0.2) is 9.38 Å². The lowest BCUT2D eigenvalue weighted by Crippen LogP contribution is -2.23. The summed E-state index contributed by atoms with van der Waals surface area (Å²) in [6.07, 6.45) is -0.401. The van der Waals surface area contributed by atoms with E-state index in [1.165, 1.54) is 5.39 Å². The van der Waals surface area contributed by atoms with E-state index in [0.29, 0.717) is 12.3 Å². The molecule has 2 nitrogen and oxygen atoms in total. The summed E-state index contributed by atoms with van der Waals surface area (Å²) in [7, 11) is 0. The summed E-state index contributed by atoms with van der Waals surface area (Å²) in [6, 6.07) is 14.3. The normalized spacial score (nSPS) is 32.0. The van der Waals surface area contributed by atoms with Crippen LogP contribution >= 0.6 is 0 Å². The molecule has 0 saturated heterocycles. The number of hydrogen-bond donors (Lipinski definition) is 0. The summed E-state index contributed by atoms with van der Waals surface area (Å²) in [4.78, 5) is 4.63. The van der Waals surface area contributed by atoms with E-state index < -0.39 is 6.17 Å². The lowest BCUT2D eigenvalue weighted by Gasteiger charge is -2.16. The molecule has 1 heterocycles. The van der Waals surface area contributed by atoms with Crippen LogP contribution in [-0.4, -0.2) is 24.2 Å². The minimum absolute atomic E-state index is 0.0195. The summed E-state index contributed by atoms with van der Waals surface area (Å²) in [6.45, 7) is 1.91. The quantitative estimate of drug-likeness (QED) is 0.773. The van der Waals surface area contributed by atoms with Crippen LogP contribution in [0, 0.1) is 5.92 Å². The second-order valence-electron chi connectivity index (χ2n) is 5.72. The molecule has 1 aliphatic carbocycles. The molecule has 0 unspecified atom stereocenters. The minimum atomic E-state index is -0.789. The van der Waals surface area contributed by atoms with Crippen LogP contribution in [0.1, 0.15) is 18.9 Å². The van der Waals surface area contributed by atoms with Crippen LogP contribution in [0.15, 0.2) is 47.5 Å². The third-order valence-corrected chi connectivity index (χ3v) is 4.49. The molecular weight excluding hydrogens is 253 g/mol. The molecule has 2 aromatic rings. The molecule has 2 aliphatic rings. The second-order valence-corrected chi connectivity index (χ2v) is 5.72. The number of halogens is 1. The molecule has 4 rings (SSSR count). The number of nitrogens with zero attached hydrogens (tertiary/aromatic N) is 1. The molecule has 0 spiro atoms. The fourth-order valence-electron chi connectivity index (χ4n) is 3.30. The van der Waals surface area contributed by atoms with Gasteiger partial charge in [-0.3, -0.25) is 0 Å². The van der Waals surface area contributed by atoms with Gasteiger partial charge in [0.05, 0.1) is 6.04 Å². The Labute approximate surface area is 117 Å². The zero-order chi connectivity index (χ0) is 13.7. The molecule has 0 amide bonds. The lowest BCUT2D eigenvalue weighted by atomic mass is 10.0. The highest BCUT2D eigenvalue weighted by Crippen LogP contribution is 2.38. The maximum atomic E-state index is 13.7. The van der Waals surface area contributed by atoms with Crippen molar-refractivity contribution in [2.75, 3.05) is 0 Å². The first-order valence-corrected chi connectivity index (χ1v) is 7.11. The molecule has 102 valence electrons. The Morgan fingerprint density at radius 1 is 1.15 bits per heavy atom. The Hall–Kier alpha value is -1.90. The fraction of sp³-hybridized carbons (Fsp3) is 0.353. The summed E-state index contributed by atoms with van der Waals surface area (Å²) in [5.41, 5.74) is 1.01. The Morgan fingerprint density at radius 2 is 1.95 bits per heavy atom. The predicted octanol–water partition coefficient (Wildman–Crippen LogP) is 3.73. The van der Waals surface area contributed by atoms with Crippen LogP contribution in [0.5, 0.6) is 0 Å². The van der Waals surface area contributed by atoms with Gasteiger partial charge >= 0.3 is 0 Å². The molecular formula is C17H16FNO. The van der Waals surface area contributed by atoms with Gasteiger partial charge in [-0.05, 0) is 16.8 Å².